The van der Waals surface area contributed by atoms with Crippen LogP contribution in [0.2, 0.25) is 0 Å². The zero-order valence-corrected chi connectivity index (χ0v) is 18.3. The maximum atomic E-state index is 12.1. The molecule has 0 bridgehead atoms. The van der Waals surface area contributed by atoms with E-state index in [0.29, 0.717) is 12.5 Å². The predicted octanol–water partition coefficient (Wildman–Crippen LogP) is 3.70. The van der Waals surface area contributed by atoms with E-state index in [1.54, 1.807) is 6.08 Å². The van der Waals surface area contributed by atoms with Crippen molar-refractivity contribution in [3.05, 3.63) is 71.8 Å². The maximum Gasteiger partial charge on any atom is 0.407 e. The molecule has 2 amide bonds. The summed E-state index contributed by atoms with van der Waals surface area (Å²) in [5.74, 6) is -0.432. The standard InChI is InChI=1S/C26H28N2O5/c29-24(28-15-18-12-17(13-18)14-25(30)31)10-5-11-27-26(32)33-16-23-21-8-3-1-6-19(21)20-7-2-4-9-22(20)23/h1-10,17-18,23H,11-16H2,(H,27,32)(H,28,29)(H,30,31)/b10-5+. The molecule has 7 heteroatoms. The van der Waals surface area contributed by atoms with Crippen molar-refractivity contribution in [1.82, 2.24) is 10.6 Å². The molecular formula is C26H28N2O5. The highest BCUT2D eigenvalue weighted by molar-refractivity contribution is 5.87. The van der Waals surface area contributed by atoms with Gasteiger partial charge in [0.2, 0.25) is 5.91 Å². The number of rotatable bonds is 9. The maximum absolute atomic E-state index is 12.1. The monoisotopic (exact) mass is 448 g/mol. The van der Waals surface area contributed by atoms with Gasteiger partial charge in [0.25, 0.3) is 0 Å². The Labute approximate surface area is 192 Å². The molecule has 2 aliphatic rings. The third-order valence-electron chi connectivity index (χ3n) is 6.34. The fourth-order valence-corrected chi connectivity index (χ4v) is 4.72. The minimum absolute atomic E-state index is 0.00562. The number of benzene rings is 2. The van der Waals surface area contributed by atoms with Crippen molar-refractivity contribution in [2.75, 3.05) is 19.7 Å². The summed E-state index contributed by atoms with van der Waals surface area (Å²) in [6, 6.07) is 16.3. The van der Waals surface area contributed by atoms with Crippen LogP contribution in [0.4, 0.5) is 4.79 Å². The van der Waals surface area contributed by atoms with Crippen molar-refractivity contribution < 1.29 is 24.2 Å². The summed E-state index contributed by atoms with van der Waals surface area (Å²) in [6.07, 6.45) is 4.30. The number of alkyl carbamates (subject to hydrolysis) is 1. The first-order chi connectivity index (χ1) is 16.0. The lowest BCUT2D eigenvalue weighted by Crippen LogP contribution is -2.36. The number of aliphatic carboxylic acids is 1. The summed E-state index contributed by atoms with van der Waals surface area (Å²) < 4.78 is 5.46. The first kappa shape index (κ1) is 22.6. The van der Waals surface area contributed by atoms with Gasteiger partial charge in [0.1, 0.15) is 6.61 Å². The second kappa shape index (κ2) is 10.3. The highest BCUT2D eigenvalue weighted by atomic mass is 16.5. The average molecular weight is 449 g/mol. The van der Waals surface area contributed by atoms with Gasteiger partial charge in [-0.05, 0) is 46.9 Å². The van der Waals surface area contributed by atoms with E-state index in [2.05, 4.69) is 34.9 Å². The van der Waals surface area contributed by atoms with Gasteiger partial charge in [-0.2, -0.15) is 0 Å². The largest absolute Gasteiger partial charge is 0.481 e. The molecule has 0 aromatic heterocycles. The number of fused-ring (bicyclic) bond motifs is 3. The van der Waals surface area contributed by atoms with Gasteiger partial charge in [-0.15, -0.1) is 0 Å². The topological polar surface area (TPSA) is 105 Å². The van der Waals surface area contributed by atoms with E-state index in [4.69, 9.17) is 9.84 Å². The SMILES string of the molecule is O=C(O)CC1CC(CNC(=O)/C=C/CNC(=O)OCC2c3ccccc3-c3ccccc32)C1. The third-order valence-corrected chi connectivity index (χ3v) is 6.34. The van der Waals surface area contributed by atoms with Crippen LogP contribution in [0.15, 0.2) is 60.7 Å². The summed E-state index contributed by atoms with van der Waals surface area (Å²) in [5.41, 5.74) is 4.67. The Kier molecular flexibility index (Phi) is 7.07. The van der Waals surface area contributed by atoms with Gasteiger partial charge in [0, 0.05) is 31.5 Å². The summed E-state index contributed by atoms with van der Waals surface area (Å²) in [4.78, 5) is 34.7. The molecule has 3 N–H and O–H groups in total. The van der Waals surface area contributed by atoms with Gasteiger partial charge in [-0.3, -0.25) is 9.59 Å². The molecule has 172 valence electrons. The molecule has 4 rings (SSSR count). The molecule has 0 radical (unpaired) electrons. The van der Waals surface area contributed by atoms with Crippen molar-refractivity contribution in [3.8, 4) is 11.1 Å². The molecule has 7 nitrogen and oxygen atoms in total. The Balaban J connectivity index is 1.15. The second-order valence-corrected chi connectivity index (χ2v) is 8.66. The molecule has 0 heterocycles. The lowest BCUT2D eigenvalue weighted by Gasteiger charge is -2.34. The fourth-order valence-electron chi connectivity index (χ4n) is 4.72. The third kappa shape index (κ3) is 5.61. The van der Waals surface area contributed by atoms with Crippen LogP contribution in [0.25, 0.3) is 11.1 Å². The van der Waals surface area contributed by atoms with Crippen LogP contribution in [0.3, 0.4) is 0 Å². The molecule has 0 atom stereocenters. The van der Waals surface area contributed by atoms with E-state index >= 15 is 0 Å². The van der Waals surface area contributed by atoms with Crippen molar-refractivity contribution >= 4 is 18.0 Å². The first-order valence-corrected chi connectivity index (χ1v) is 11.3. The molecule has 1 fully saturated rings. The van der Waals surface area contributed by atoms with Gasteiger partial charge in [-0.25, -0.2) is 4.79 Å². The van der Waals surface area contributed by atoms with Crippen molar-refractivity contribution in [2.45, 2.75) is 25.2 Å². The first-order valence-electron chi connectivity index (χ1n) is 11.3. The highest BCUT2D eigenvalue weighted by Crippen LogP contribution is 2.44. The Morgan fingerprint density at radius 2 is 1.58 bits per heavy atom. The normalized spacial score (nSPS) is 18.8. The minimum Gasteiger partial charge on any atom is -0.481 e. The lowest BCUT2D eigenvalue weighted by atomic mass is 9.73. The minimum atomic E-state index is -0.769. The molecule has 0 aliphatic heterocycles. The number of carboxylic acids is 1. The van der Waals surface area contributed by atoms with Gasteiger partial charge in [0.15, 0.2) is 0 Å². The van der Waals surface area contributed by atoms with Gasteiger partial charge in [-0.1, -0.05) is 54.6 Å². The Morgan fingerprint density at radius 1 is 0.939 bits per heavy atom. The van der Waals surface area contributed by atoms with E-state index in [1.165, 1.54) is 17.2 Å². The number of carbonyl (C=O) groups excluding carboxylic acids is 2. The fraction of sp³-hybridized carbons (Fsp3) is 0.346. The summed E-state index contributed by atoms with van der Waals surface area (Å²) in [5, 5.41) is 14.2. The van der Waals surface area contributed by atoms with Crippen molar-refractivity contribution in [3.63, 3.8) is 0 Å². The number of carboxylic acid groups (broad SMARTS) is 1. The Hall–Kier alpha value is -3.61. The van der Waals surface area contributed by atoms with Crippen LogP contribution in [0, 0.1) is 11.8 Å². The van der Waals surface area contributed by atoms with E-state index in [1.807, 2.05) is 24.3 Å². The van der Waals surface area contributed by atoms with E-state index in [0.717, 1.165) is 24.0 Å². The van der Waals surface area contributed by atoms with E-state index < -0.39 is 12.1 Å². The molecule has 2 aliphatic carbocycles. The van der Waals surface area contributed by atoms with Crippen LogP contribution >= 0.6 is 0 Å². The molecule has 0 saturated heterocycles. The molecule has 2 aromatic rings. The Morgan fingerprint density at radius 3 is 2.21 bits per heavy atom. The number of nitrogens with one attached hydrogen (secondary N) is 2. The number of carbonyl (C=O) groups is 3. The van der Waals surface area contributed by atoms with Gasteiger partial charge >= 0.3 is 12.1 Å². The number of amides is 2. The number of ether oxygens (including phenoxy) is 1. The number of hydrogen-bond acceptors (Lipinski definition) is 4. The molecule has 1 saturated carbocycles. The highest BCUT2D eigenvalue weighted by Gasteiger charge is 2.31. The average Bonchev–Trinajstić information content (AvgIpc) is 3.10. The predicted molar refractivity (Wildman–Crippen MR) is 124 cm³/mol. The molecular weight excluding hydrogens is 420 g/mol. The summed E-state index contributed by atoms with van der Waals surface area (Å²) in [7, 11) is 0. The van der Waals surface area contributed by atoms with Crippen LogP contribution in [0.1, 0.15) is 36.3 Å². The molecule has 2 aromatic carbocycles. The molecule has 0 spiro atoms. The zero-order valence-electron chi connectivity index (χ0n) is 18.3. The Bertz CT molecular complexity index is 1010. The quantitative estimate of drug-likeness (QED) is 0.508. The van der Waals surface area contributed by atoms with Gasteiger partial charge < -0.3 is 20.5 Å². The van der Waals surface area contributed by atoms with Crippen LogP contribution < -0.4 is 10.6 Å². The summed E-state index contributed by atoms with van der Waals surface area (Å²) in [6.45, 7) is 0.974. The lowest BCUT2D eigenvalue weighted by molar-refractivity contribution is -0.139. The smallest absolute Gasteiger partial charge is 0.407 e. The molecule has 33 heavy (non-hydrogen) atoms. The summed E-state index contributed by atoms with van der Waals surface area (Å²) >= 11 is 0. The second-order valence-electron chi connectivity index (χ2n) is 8.66. The van der Waals surface area contributed by atoms with Crippen LogP contribution in [-0.2, 0) is 14.3 Å². The zero-order chi connectivity index (χ0) is 23.2. The van der Waals surface area contributed by atoms with Crippen LogP contribution in [0.5, 0.6) is 0 Å². The van der Waals surface area contributed by atoms with Crippen molar-refractivity contribution in [1.29, 1.82) is 0 Å². The van der Waals surface area contributed by atoms with Gasteiger partial charge in [0.05, 0.1) is 0 Å². The van der Waals surface area contributed by atoms with E-state index in [9.17, 15) is 14.4 Å². The molecule has 0 unspecified atom stereocenters. The van der Waals surface area contributed by atoms with E-state index in [-0.39, 0.29) is 37.3 Å². The van der Waals surface area contributed by atoms with Crippen molar-refractivity contribution in [2.24, 2.45) is 11.8 Å². The van der Waals surface area contributed by atoms with Crippen LogP contribution in [-0.4, -0.2) is 42.8 Å². The number of hydrogen-bond donors (Lipinski definition) is 3.